The number of esters is 1. The van der Waals surface area contributed by atoms with Crippen molar-refractivity contribution in [2.24, 2.45) is 23.2 Å². The maximum Gasteiger partial charge on any atom is 0.306 e. The van der Waals surface area contributed by atoms with E-state index < -0.39 is 19.3 Å². The number of carbonyl (C=O) groups excluding carboxylic acids is 2. The van der Waals surface area contributed by atoms with E-state index in [0.717, 1.165) is 5.56 Å². The van der Waals surface area contributed by atoms with Gasteiger partial charge in [-0.15, -0.1) is 0 Å². The number of Topliss-reactive ketones (excluding diaryl/α,β-unsaturated/α-hetero) is 1. The smallest absolute Gasteiger partial charge is 0.306 e. The molecule has 0 unspecified atom stereocenters. The molecule has 0 bridgehead atoms. The van der Waals surface area contributed by atoms with Gasteiger partial charge in [0.25, 0.3) is 0 Å². The monoisotopic (exact) mass is 534 g/mol. The van der Waals surface area contributed by atoms with Gasteiger partial charge in [0.1, 0.15) is 11.4 Å². The second kappa shape index (κ2) is 13.0. The van der Waals surface area contributed by atoms with Crippen molar-refractivity contribution in [3.63, 3.8) is 0 Å². The van der Waals surface area contributed by atoms with Crippen LogP contribution in [-0.2, 0) is 30.1 Å². The number of rotatable bonds is 13. The highest BCUT2D eigenvalue weighted by atomic mass is 28.4. The Morgan fingerprint density at radius 2 is 1.43 bits per heavy atom. The van der Waals surface area contributed by atoms with E-state index in [-0.39, 0.29) is 47.1 Å². The number of benzene rings is 1. The lowest BCUT2D eigenvalue weighted by Gasteiger charge is -2.44. The second-order valence-corrected chi connectivity index (χ2v) is 18.6. The fraction of sp³-hybridized carbons (Fsp3) is 0.742. The van der Waals surface area contributed by atoms with Gasteiger partial charge in [-0.05, 0) is 50.4 Å². The number of ether oxygens (including phenoxy) is 2. The van der Waals surface area contributed by atoms with Crippen LogP contribution in [0, 0.1) is 23.2 Å². The number of ketones is 1. The van der Waals surface area contributed by atoms with Crippen molar-refractivity contribution >= 4 is 20.1 Å². The molecule has 0 heterocycles. The van der Waals surface area contributed by atoms with E-state index >= 15 is 0 Å². The fourth-order valence-corrected chi connectivity index (χ4v) is 5.60. The summed E-state index contributed by atoms with van der Waals surface area (Å²) in [6.07, 6.45) is -0.0798. The van der Waals surface area contributed by atoms with Crippen LogP contribution in [0.2, 0.25) is 18.1 Å². The summed E-state index contributed by atoms with van der Waals surface area (Å²) in [5.41, 5.74) is -0.135. The zero-order valence-corrected chi connectivity index (χ0v) is 26.9. The first-order chi connectivity index (χ1) is 16.7. The maximum absolute atomic E-state index is 14.0. The predicted octanol–water partition coefficient (Wildman–Crippen LogP) is 7.83. The minimum Gasteiger partial charge on any atom is -0.460 e. The molecule has 5 nitrogen and oxygen atoms in total. The first-order valence-electron chi connectivity index (χ1n) is 13.7. The second-order valence-electron chi connectivity index (χ2n) is 13.9. The van der Waals surface area contributed by atoms with Crippen LogP contribution in [-0.4, -0.2) is 38.4 Å². The molecule has 0 aliphatic heterocycles. The molecular weight excluding hydrogens is 480 g/mol. The molecule has 0 saturated heterocycles. The van der Waals surface area contributed by atoms with Gasteiger partial charge in [0.15, 0.2) is 8.32 Å². The van der Waals surface area contributed by atoms with Crippen molar-refractivity contribution in [2.45, 2.75) is 119 Å². The number of carbonyl (C=O) groups is 2. The van der Waals surface area contributed by atoms with Gasteiger partial charge in [0, 0.05) is 23.7 Å². The van der Waals surface area contributed by atoms with Gasteiger partial charge < -0.3 is 13.9 Å². The standard InChI is InChI=1S/C31H54O5Si/c1-22(20-34-21-25-17-15-14-16-18-25)27(36-37(12,13)30(7,8)9)24(3)28(33)31(10,11)23(2)19-26(32)35-29(4,5)6/h14-18,22-24,27H,19-21H2,1-13H3/t22-,23-,24+,27-/m0/s1. The zero-order valence-electron chi connectivity index (χ0n) is 25.9. The lowest BCUT2D eigenvalue weighted by Crippen LogP contribution is -2.51. The Morgan fingerprint density at radius 3 is 1.92 bits per heavy atom. The summed E-state index contributed by atoms with van der Waals surface area (Å²) in [6.45, 7) is 27.7. The molecule has 0 amide bonds. The first-order valence-corrected chi connectivity index (χ1v) is 16.7. The van der Waals surface area contributed by atoms with Crippen LogP contribution in [0.3, 0.4) is 0 Å². The molecule has 212 valence electrons. The van der Waals surface area contributed by atoms with E-state index in [1.54, 1.807) is 0 Å². The summed E-state index contributed by atoms with van der Waals surface area (Å²) >= 11 is 0. The Hall–Kier alpha value is -1.50. The average molecular weight is 535 g/mol. The van der Waals surface area contributed by atoms with Crippen LogP contribution in [0.25, 0.3) is 0 Å². The topological polar surface area (TPSA) is 61.8 Å². The normalized spacial score (nSPS) is 16.6. The molecule has 37 heavy (non-hydrogen) atoms. The molecule has 0 aliphatic rings. The van der Waals surface area contributed by atoms with E-state index in [4.69, 9.17) is 13.9 Å². The first kappa shape index (κ1) is 33.5. The fourth-order valence-electron chi connectivity index (χ4n) is 4.13. The lowest BCUT2D eigenvalue weighted by atomic mass is 9.69. The maximum atomic E-state index is 14.0. The summed E-state index contributed by atoms with van der Waals surface area (Å²) < 4.78 is 18.5. The summed E-state index contributed by atoms with van der Waals surface area (Å²) in [5, 5.41) is 0.0121. The van der Waals surface area contributed by atoms with E-state index in [0.29, 0.717) is 13.2 Å². The quantitative estimate of drug-likeness (QED) is 0.191. The third-order valence-electron chi connectivity index (χ3n) is 7.96. The molecule has 0 spiro atoms. The van der Waals surface area contributed by atoms with E-state index in [1.165, 1.54) is 0 Å². The van der Waals surface area contributed by atoms with Gasteiger partial charge in [0.2, 0.25) is 0 Å². The Kier molecular flexibility index (Phi) is 11.8. The van der Waals surface area contributed by atoms with Gasteiger partial charge in [-0.25, -0.2) is 0 Å². The van der Waals surface area contributed by atoms with E-state index in [1.807, 2.05) is 66.7 Å². The predicted molar refractivity (Wildman–Crippen MR) is 155 cm³/mol. The summed E-state index contributed by atoms with van der Waals surface area (Å²) in [5.74, 6) is -0.655. The van der Waals surface area contributed by atoms with E-state index in [2.05, 4.69) is 52.9 Å². The molecule has 0 radical (unpaired) electrons. The largest absolute Gasteiger partial charge is 0.460 e. The molecule has 0 N–H and O–H groups in total. The van der Waals surface area contributed by atoms with Crippen LogP contribution in [0.5, 0.6) is 0 Å². The molecular formula is C31H54O5Si. The zero-order chi connectivity index (χ0) is 28.8. The minimum atomic E-state index is -2.16. The Morgan fingerprint density at radius 1 is 0.892 bits per heavy atom. The molecule has 0 aromatic heterocycles. The van der Waals surface area contributed by atoms with Crippen molar-refractivity contribution in [1.82, 2.24) is 0 Å². The number of hydrogen-bond donors (Lipinski definition) is 0. The van der Waals surface area contributed by atoms with Crippen LogP contribution in [0.15, 0.2) is 30.3 Å². The molecule has 6 heteroatoms. The number of hydrogen-bond acceptors (Lipinski definition) is 5. The lowest BCUT2D eigenvalue weighted by molar-refractivity contribution is -0.157. The van der Waals surface area contributed by atoms with Crippen LogP contribution < -0.4 is 0 Å². The van der Waals surface area contributed by atoms with E-state index in [9.17, 15) is 9.59 Å². The third-order valence-corrected chi connectivity index (χ3v) is 12.4. The molecule has 1 rings (SSSR count). The Balaban J connectivity index is 3.09. The van der Waals surface area contributed by atoms with Crippen molar-refractivity contribution in [3.8, 4) is 0 Å². The summed E-state index contributed by atoms with van der Waals surface area (Å²) in [6, 6.07) is 10.1. The molecule has 1 aromatic rings. The van der Waals surface area contributed by atoms with Gasteiger partial charge in [-0.3, -0.25) is 9.59 Å². The van der Waals surface area contributed by atoms with Crippen molar-refractivity contribution in [3.05, 3.63) is 35.9 Å². The highest BCUT2D eigenvalue weighted by Crippen LogP contribution is 2.41. The third kappa shape index (κ3) is 10.3. The highest BCUT2D eigenvalue weighted by Gasteiger charge is 2.46. The van der Waals surface area contributed by atoms with Gasteiger partial charge in [0.05, 0.1) is 19.3 Å². The molecule has 0 fully saturated rings. The van der Waals surface area contributed by atoms with Crippen LogP contribution in [0.1, 0.15) is 88.1 Å². The Bertz CT molecular complexity index is 864. The minimum absolute atomic E-state index is 0.0121. The molecule has 1 aromatic carbocycles. The highest BCUT2D eigenvalue weighted by molar-refractivity contribution is 6.74. The van der Waals surface area contributed by atoms with Crippen molar-refractivity contribution in [2.75, 3.05) is 6.61 Å². The summed E-state index contributed by atoms with van der Waals surface area (Å²) in [4.78, 5) is 26.5. The van der Waals surface area contributed by atoms with Gasteiger partial charge in [-0.1, -0.05) is 85.7 Å². The van der Waals surface area contributed by atoms with Gasteiger partial charge >= 0.3 is 5.97 Å². The summed E-state index contributed by atoms with van der Waals surface area (Å²) in [7, 11) is -2.16. The van der Waals surface area contributed by atoms with Crippen LogP contribution >= 0.6 is 0 Å². The SMILES string of the molecule is C[C@@H](COCc1ccccc1)[C@H](O[Si](C)(C)C(C)(C)C)[C@@H](C)C(=O)C(C)(C)[C@@H](C)CC(=O)OC(C)(C)C. The van der Waals surface area contributed by atoms with Crippen molar-refractivity contribution < 1.29 is 23.5 Å². The van der Waals surface area contributed by atoms with Crippen LogP contribution in [0.4, 0.5) is 0 Å². The van der Waals surface area contributed by atoms with Crippen molar-refractivity contribution in [1.29, 1.82) is 0 Å². The average Bonchev–Trinajstić information content (AvgIpc) is 2.74. The Labute approximate surface area is 228 Å². The molecule has 0 saturated carbocycles. The molecule has 0 aliphatic carbocycles. The van der Waals surface area contributed by atoms with Gasteiger partial charge in [-0.2, -0.15) is 0 Å². The molecule has 4 atom stereocenters.